The summed E-state index contributed by atoms with van der Waals surface area (Å²) < 4.78 is 2.12. The van der Waals surface area contributed by atoms with Gasteiger partial charge in [-0.15, -0.1) is 0 Å². The molecule has 1 aliphatic rings. The van der Waals surface area contributed by atoms with Gasteiger partial charge in [-0.25, -0.2) is 15.0 Å². The van der Waals surface area contributed by atoms with Crippen molar-refractivity contribution in [2.45, 2.75) is 6.23 Å². The van der Waals surface area contributed by atoms with Crippen LogP contribution in [-0.4, -0.2) is 30.5 Å². The predicted molar refractivity (Wildman–Crippen MR) is 189 cm³/mol. The van der Waals surface area contributed by atoms with Crippen molar-refractivity contribution in [1.82, 2.24) is 19.5 Å². The smallest absolute Gasteiger partial charge is 0.263 e. The number of carbonyl (C=O) groups is 1. The van der Waals surface area contributed by atoms with Crippen molar-refractivity contribution >= 4 is 33.4 Å². The minimum absolute atomic E-state index is 0.263. The minimum atomic E-state index is -1.12. The normalized spacial score (nSPS) is 14.1. The van der Waals surface area contributed by atoms with Crippen LogP contribution in [0.1, 0.15) is 22.1 Å². The predicted octanol–water partition coefficient (Wildman–Crippen LogP) is 8.62. The molecule has 0 aliphatic carbocycles. The molecule has 1 amide bonds. The summed E-state index contributed by atoms with van der Waals surface area (Å²) in [5.41, 5.74) is 6.66. The standard InChI is InChI=1S/C41H27N5O2/c47-40-31-22-13-25-34(35(31)41(48)45(40)28-18-8-3-9-19-28)46-33-24-11-10-20-29(33)30-21-12-23-32(36(30)46)39-43-37(26-14-4-1-5-15-26)42-38(44-39)27-16-6-2-7-17-27/h1-25,40,47H. The quantitative estimate of drug-likeness (QED) is 0.208. The Kier molecular flexibility index (Phi) is 6.45. The Balaban J connectivity index is 1.33. The van der Waals surface area contributed by atoms with Crippen LogP contribution in [0.15, 0.2) is 152 Å². The number of aliphatic hydroxyl groups excluding tert-OH is 1. The molecule has 7 heteroatoms. The third kappa shape index (κ3) is 4.33. The van der Waals surface area contributed by atoms with Crippen molar-refractivity contribution in [2.75, 3.05) is 4.90 Å². The highest BCUT2D eigenvalue weighted by atomic mass is 16.3. The largest absolute Gasteiger partial charge is 0.369 e. The van der Waals surface area contributed by atoms with E-state index in [1.54, 1.807) is 0 Å². The van der Waals surface area contributed by atoms with Gasteiger partial charge in [-0.2, -0.15) is 0 Å². The van der Waals surface area contributed by atoms with Crippen LogP contribution in [0.4, 0.5) is 5.69 Å². The molecular weight excluding hydrogens is 594 g/mol. The molecule has 8 aromatic rings. The highest BCUT2D eigenvalue weighted by Gasteiger charge is 2.39. The average Bonchev–Trinajstić information content (AvgIpc) is 3.63. The van der Waals surface area contributed by atoms with E-state index >= 15 is 0 Å². The highest BCUT2D eigenvalue weighted by Crippen LogP contribution is 2.43. The van der Waals surface area contributed by atoms with Gasteiger partial charge in [0.1, 0.15) is 0 Å². The summed E-state index contributed by atoms with van der Waals surface area (Å²) in [6, 6.07) is 49.0. The van der Waals surface area contributed by atoms with Gasteiger partial charge in [0, 0.05) is 38.7 Å². The Morgan fingerprint density at radius 1 is 0.542 bits per heavy atom. The molecule has 0 spiro atoms. The Morgan fingerprint density at radius 3 is 1.79 bits per heavy atom. The summed E-state index contributed by atoms with van der Waals surface area (Å²) in [6.45, 7) is 0. The van der Waals surface area contributed by atoms with Crippen molar-refractivity contribution in [2.24, 2.45) is 0 Å². The zero-order valence-electron chi connectivity index (χ0n) is 25.6. The number of hydrogen-bond donors (Lipinski definition) is 1. The summed E-state index contributed by atoms with van der Waals surface area (Å²) >= 11 is 0. The molecule has 1 N–H and O–H groups in total. The van der Waals surface area contributed by atoms with Crippen molar-refractivity contribution < 1.29 is 9.90 Å². The summed E-state index contributed by atoms with van der Waals surface area (Å²) in [5.74, 6) is 1.39. The van der Waals surface area contributed by atoms with E-state index in [4.69, 9.17) is 15.0 Å². The maximum atomic E-state index is 14.3. The first-order chi connectivity index (χ1) is 23.7. The number of benzene rings is 6. The number of aliphatic hydroxyl groups is 1. The van der Waals surface area contributed by atoms with Gasteiger partial charge < -0.3 is 9.67 Å². The summed E-state index contributed by atoms with van der Waals surface area (Å²) in [4.78, 5) is 30.7. The molecule has 3 heterocycles. The molecule has 0 bridgehead atoms. The molecule has 0 saturated carbocycles. The lowest BCUT2D eigenvalue weighted by atomic mass is 10.1. The van der Waals surface area contributed by atoms with E-state index in [-0.39, 0.29) is 5.91 Å². The summed E-state index contributed by atoms with van der Waals surface area (Å²) in [6.07, 6.45) is -1.12. The molecule has 0 radical (unpaired) electrons. The number of fused-ring (bicyclic) bond motifs is 4. The van der Waals surface area contributed by atoms with E-state index in [1.165, 1.54) is 4.90 Å². The SMILES string of the molecule is O=C1c2c(cccc2-n2c3ccccc3c3cccc(-c4nc(-c5ccccc5)nc(-c5ccccc5)n4)c32)C(O)N1c1ccccc1. The molecule has 48 heavy (non-hydrogen) atoms. The minimum Gasteiger partial charge on any atom is -0.369 e. The Hall–Kier alpha value is -6.44. The van der Waals surface area contributed by atoms with Gasteiger partial charge in [0.25, 0.3) is 5.91 Å². The monoisotopic (exact) mass is 621 g/mol. The zero-order valence-corrected chi connectivity index (χ0v) is 25.6. The first-order valence-electron chi connectivity index (χ1n) is 15.8. The highest BCUT2D eigenvalue weighted by molar-refractivity contribution is 6.17. The number of nitrogens with zero attached hydrogens (tertiary/aromatic N) is 5. The average molecular weight is 622 g/mol. The van der Waals surface area contributed by atoms with Crippen molar-refractivity contribution in [3.8, 4) is 39.9 Å². The molecule has 0 saturated heterocycles. The van der Waals surface area contributed by atoms with Crippen LogP contribution in [0.5, 0.6) is 0 Å². The Morgan fingerprint density at radius 2 is 1.10 bits per heavy atom. The van der Waals surface area contributed by atoms with Crippen LogP contribution < -0.4 is 4.90 Å². The maximum absolute atomic E-state index is 14.3. The van der Waals surface area contributed by atoms with Crippen molar-refractivity contribution in [1.29, 1.82) is 0 Å². The van der Waals surface area contributed by atoms with E-state index in [0.29, 0.717) is 40.0 Å². The number of para-hydroxylation sites is 3. The van der Waals surface area contributed by atoms with E-state index in [2.05, 4.69) is 22.8 Å². The van der Waals surface area contributed by atoms with Gasteiger partial charge in [-0.3, -0.25) is 9.69 Å². The number of rotatable bonds is 5. The van der Waals surface area contributed by atoms with Crippen LogP contribution in [0.25, 0.3) is 61.7 Å². The van der Waals surface area contributed by atoms with Gasteiger partial charge in [0.2, 0.25) is 0 Å². The van der Waals surface area contributed by atoms with Gasteiger partial charge in [-0.05, 0) is 30.3 Å². The lowest BCUT2D eigenvalue weighted by Crippen LogP contribution is -2.27. The molecule has 228 valence electrons. The number of anilines is 1. The topological polar surface area (TPSA) is 84.1 Å². The second-order valence-electron chi connectivity index (χ2n) is 11.7. The first kappa shape index (κ1) is 27.8. The zero-order chi connectivity index (χ0) is 32.2. The molecule has 6 aromatic carbocycles. The van der Waals surface area contributed by atoms with Crippen LogP contribution in [0.2, 0.25) is 0 Å². The second-order valence-corrected chi connectivity index (χ2v) is 11.7. The Bertz CT molecular complexity index is 2440. The van der Waals surface area contributed by atoms with Gasteiger partial charge in [0.05, 0.1) is 22.3 Å². The number of carbonyl (C=O) groups excluding carboxylic acids is 1. The van der Waals surface area contributed by atoms with E-state index < -0.39 is 6.23 Å². The number of aromatic nitrogens is 4. The number of amides is 1. The molecule has 0 fully saturated rings. The maximum Gasteiger partial charge on any atom is 0.263 e. The van der Waals surface area contributed by atoms with E-state index in [9.17, 15) is 9.90 Å². The molecule has 7 nitrogen and oxygen atoms in total. The van der Waals surface area contributed by atoms with Crippen LogP contribution in [0.3, 0.4) is 0 Å². The molecule has 2 aromatic heterocycles. The molecular formula is C41H27N5O2. The fraction of sp³-hybridized carbons (Fsp3) is 0.0244. The molecule has 9 rings (SSSR count). The molecule has 1 atom stereocenters. The first-order valence-corrected chi connectivity index (χ1v) is 15.8. The summed E-state index contributed by atoms with van der Waals surface area (Å²) in [7, 11) is 0. The summed E-state index contributed by atoms with van der Waals surface area (Å²) in [5, 5.41) is 13.5. The lowest BCUT2D eigenvalue weighted by molar-refractivity contribution is 0.0935. The second kappa shape index (κ2) is 11.1. The molecule has 1 aliphatic heterocycles. The van der Waals surface area contributed by atoms with Gasteiger partial charge >= 0.3 is 0 Å². The van der Waals surface area contributed by atoms with Crippen molar-refractivity contribution in [3.63, 3.8) is 0 Å². The number of hydrogen-bond acceptors (Lipinski definition) is 5. The fourth-order valence-electron chi connectivity index (χ4n) is 6.79. The van der Waals surface area contributed by atoms with Gasteiger partial charge in [-0.1, -0.05) is 121 Å². The van der Waals surface area contributed by atoms with Gasteiger partial charge in [0.15, 0.2) is 23.7 Å². The van der Waals surface area contributed by atoms with Crippen LogP contribution in [0, 0.1) is 0 Å². The third-order valence-corrected chi connectivity index (χ3v) is 8.94. The fourth-order valence-corrected chi connectivity index (χ4v) is 6.79. The third-order valence-electron chi connectivity index (χ3n) is 8.94. The van der Waals surface area contributed by atoms with Crippen molar-refractivity contribution in [3.05, 3.63) is 163 Å². The molecule has 1 unspecified atom stereocenters. The van der Waals surface area contributed by atoms with E-state index in [0.717, 1.165) is 38.5 Å². The lowest BCUT2D eigenvalue weighted by Gasteiger charge is -2.20. The van der Waals surface area contributed by atoms with Crippen LogP contribution in [-0.2, 0) is 0 Å². The van der Waals surface area contributed by atoms with E-state index in [1.807, 2.05) is 133 Å². The van der Waals surface area contributed by atoms with Crippen LogP contribution >= 0.6 is 0 Å². The Labute approximate surface area is 276 Å².